The number of carboxylic acids is 1. The van der Waals surface area contributed by atoms with Gasteiger partial charge in [0.25, 0.3) is 0 Å². The quantitative estimate of drug-likeness (QED) is 0.920. The molecule has 2 aromatic rings. The molecule has 5 nitrogen and oxygen atoms in total. The minimum atomic E-state index is -0.988. The Labute approximate surface area is 126 Å². The molecular weight excluding hydrogens is 288 g/mol. The van der Waals surface area contributed by atoms with Crippen LogP contribution in [-0.4, -0.2) is 33.9 Å². The van der Waals surface area contributed by atoms with Crippen LogP contribution in [0.25, 0.3) is 0 Å². The van der Waals surface area contributed by atoms with E-state index in [0.29, 0.717) is 12.1 Å². The van der Waals surface area contributed by atoms with Gasteiger partial charge in [-0.3, -0.25) is 4.79 Å². The van der Waals surface area contributed by atoms with Crippen molar-refractivity contribution in [3.63, 3.8) is 0 Å². The molecule has 0 fully saturated rings. The summed E-state index contributed by atoms with van der Waals surface area (Å²) in [6.07, 6.45) is 0.190. The van der Waals surface area contributed by atoms with Crippen molar-refractivity contribution in [2.24, 2.45) is 0 Å². The molecule has 6 heteroatoms. The Balaban J connectivity index is 2.02. The van der Waals surface area contributed by atoms with Crippen LogP contribution in [0, 0.1) is 6.92 Å². The fraction of sp³-hybridized carbons (Fsp3) is 0.267. The van der Waals surface area contributed by atoms with E-state index in [-0.39, 0.29) is 17.9 Å². The summed E-state index contributed by atoms with van der Waals surface area (Å²) in [4.78, 5) is 30.0. The van der Waals surface area contributed by atoms with Gasteiger partial charge in [0, 0.05) is 11.9 Å². The SMILES string of the molecule is Cc1ncsc1CN(C)C(=O)Cc1cccc(C(=O)O)c1. The highest BCUT2D eigenvalue weighted by atomic mass is 32.1. The van der Waals surface area contributed by atoms with Gasteiger partial charge in [0.05, 0.1) is 29.7 Å². The van der Waals surface area contributed by atoms with E-state index in [0.717, 1.165) is 10.6 Å². The summed E-state index contributed by atoms with van der Waals surface area (Å²) >= 11 is 1.53. The number of hydrogen-bond donors (Lipinski definition) is 1. The smallest absolute Gasteiger partial charge is 0.335 e. The Morgan fingerprint density at radius 2 is 2.14 bits per heavy atom. The summed E-state index contributed by atoms with van der Waals surface area (Å²) in [5.74, 6) is -1.04. The van der Waals surface area contributed by atoms with Crippen molar-refractivity contribution in [2.75, 3.05) is 7.05 Å². The van der Waals surface area contributed by atoms with Crippen LogP contribution in [0.3, 0.4) is 0 Å². The van der Waals surface area contributed by atoms with Gasteiger partial charge in [-0.25, -0.2) is 9.78 Å². The molecule has 110 valence electrons. The Morgan fingerprint density at radius 3 is 2.76 bits per heavy atom. The number of nitrogens with zero attached hydrogens (tertiary/aromatic N) is 2. The molecule has 1 amide bonds. The Kier molecular flexibility index (Phi) is 4.70. The second-order valence-corrected chi connectivity index (χ2v) is 5.73. The van der Waals surface area contributed by atoms with Crippen LogP contribution in [0.2, 0.25) is 0 Å². The number of thiazole rings is 1. The van der Waals surface area contributed by atoms with Gasteiger partial charge >= 0.3 is 5.97 Å². The lowest BCUT2D eigenvalue weighted by Crippen LogP contribution is -2.27. The molecule has 1 N–H and O–H groups in total. The number of carbonyl (C=O) groups excluding carboxylic acids is 1. The molecule has 0 aliphatic rings. The first-order chi connectivity index (χ1) is 9.97. The average Bonchev–Trinajstić information content (AvgIpc) is 2.84. The minimum Gasteiger partial charge on any atom is -0.478 e. The van der Waals surface area contributed by atoms with E-state index >= 15 is 0 Å². The molecule has 0 atom stereocenters. The van der Waals surface area contributed by atoms with Crippen molar-refractivity contribution in [1.82, 2.24) is 9.88 Å². The van der Waals surface area contributed by atoms with E-state index < -0.39 is 5.97 Å². The lowest BCUT2D eigenvalue weighted by Gasteiger charge is -2.16. The molecule has 21 heavy (non-hydrogen) atoms. The van der Waals surface area contributed by atoms with Crippen molar-refractivity contribution in [1.29, 1.82) is 0 Å². The van der Waals surface area contributed by atoms with Crippen LogP contribution in [-0.2, 0) is 17.8 Å². The number of rotatable bonds is 5. The molecule has 0 radical (unpaired) electrons. The van der Waals surface area contributed by atoms with Crippen LogP contribution in [0.4, 0.5) is 0 Å². The highest BCUT2D eigenvalue weighted by molar-refractivity contribution is 7.09. The molecule has 1 aromatic carbocycles. The molecule has 0 saturated carbocycles. The van der Waals surface area contributed by atoms with E-state index in [9.17, 15) is 9.59 Å². The molecule has 0 aliphatic heterocycles. The third-order valence-electron chi connectivity index (χ3n) is 3.18. The Hall–Kier alpha value is -2.21. The summed E-state index contributed by atoms with van der Waals surface area (Å²) in [5, 5.41) is 8.95. The molecule has 1 aromatic heterocycles. The molecular formula is C15H16N2O3S. The summed E-state index contributed by atoms with van der Waals surface area (Å²) in [5.41, 5.74) is 3.60. The largest absolute Gasteiger partial charge is 0.478 e. The maximum absolute atomic E-state index is 12.2. The Morgan fingerprint density at radius 1 is 1.38 bits per heavy atom. The van der Waals surface area contributed by atoms with Gasteiger partial charge < -0.3 is 10.0 Å². The van der Waals surface area contributed by atoms with Crippen molar-refractivity contribution >= 4 is 23.2 Å². The van der Waals surface area contributed by atoms with Crippen molar-refractivity contribution < 1.29 is 14.7 Å². The second kappa shape index (κ2) is 6.49. The molecule has 0 saturated heterocycles. The number of aromatic carboxylic acids is 1. The zero-order chi connectivity index (χ0) is 15.4. The number of amides is 1. The summed E-state index contributed by atoms with van der Waals surface area (Å²) in [7, 11) is 1.74. The van der Waals surface area contributed by atoms with Gasteiger partial charge in [0.15, 0.2) is 0 Å². The zero-order valence-corrected chi connectivity index (χ0v) is 12.7. The fourth-order valence-electron chi connectivity index (χ4n) is 1.91. The predicted octanol–water partition coefficient (Wildman–Crippen LogP) is 2.35. The number of carboxylic acid groups (broad SMARTS) is 1. The normalized spacial score (nSPS) is 10.4. The topological polar surface area (TPSA) is 70.5 Å². The number of aromatic nitrogens is 1. The number of hydrogen-bond acceptors (Lipinski definition) is 4. The van der Waals surface area contributed by atoms with Crippen LogP contribution in [0.1, 0.15) is 26.5 Å². The third kappa shape index (κ3) is 3.88. The summed E-state index contributed by atoms with van der Waals surface area (Å²) < 4.78 is 0. The molecule has 0 unspecified atom stereocenters. The highest BCUT2D eigenvalue weighted by Gasteiger charge is 2.13. The van der Waals surface area contributed by atoms with Crippen LogP contribution >= 0.6 is 11.3 Å². The zero-order valence-electron chi connectivity index (χ0n) is 11.9. The third-order valence-corrected chi connectivity index (χ3v) is 4.10. The number of likely N-dealkylation sites (N-methyl/N-ethyl adjacent to an activating group) is 1. The van der Waals surface area contributed by atoms with E-state index in [1.165, 1.54) is 23.5 Å². The summed E-state index contributed by atoms with van der Waals surface area (Å²) in [6.45, 7) is 2.44. The summed E-state index contributed by atoms with van der Waals surface area (Å²) in [6, 6.07) is 6.46. The van der Waals surface area contributed by atoms with E-state index in [2.05, 4.69) is 4.98 Å². The van der Waals surface area contributed by atoms with Gasteiger partial charge in [-0.1, -0.05) is 12.1 Å². The Bertz CT molecular complexity index is 666. The first-order valence-electron chi connectivity index (χ1n) is 6.42. The van der Waals surface area contributed by atoms with E-state index in [1.807, 2.05) is 6.92 Å². The monoisotopic (exact) mass is 304 g/mol. The number of aryl methyl sites for hydroxylation is 1. The number of carbonyl (C=O) groups is 2. The standard InChI is InChI=1S/C15H16N2O3S/c1-10-13(21-9-16-10)8-17(2)14(18)7-11-4-3-5-12(6-11)15(19)20/h3-6,9H,7-8H2,1-2H3,(H,19,20). The lowest BCUT2D eigenvalue weighted by atomic mass is 10.1. The fourth-order valence-corrected chi connectivity index (χ4v) is 2.73. The number of benzene rings is 1. The first kappa shape index (κ1) is 15.2. The van der Waals surface area contributed by atoms with Crippen molar-refractivity contribution in [3.8, 4) is 0 Å². The van der Waals surface area contributed by atoms with Crippen molar-refractivity contribution in [2.45, 2.75) is 19.9 Å². The molecule has 1 heterocycles. The first-order valence-corrected chi connectivity index (χ1v) is 7.30. The lowest BCUT2D eigenvalue weighted by molar-refractivity contribution is -0.129. The molecule has 0 spiro atoms. The second-order valence-electron chi connectivity index (χ2n) is 4.79. The molecule has 0 bridgehead atoms. The minimum absolute atomic E-state index is 0.0506. The predicted molar refractivity (Wildman–Crippen MR) is 80.4 cm³/mol. The maximum atomic E-state index is 12.2. The van der Waals surface area contributed by atoms with Crippen LogP contribution in [0.15, 0.2) is 29.8 Å². The van der Waals surface area contributed by atoms with Gasteiger partial charge in [-0.15, -0.1) is 11.3 Å². The van der Waals surface area contributed by atoms with Crippen LogP contribution in [0.5, 0.6) is 0 Å². The van der Waals surface area contributed by atoms with E-state index in [4.69, 9.17) is 5.11 Å². The van der Waals surface area contributed by atoms with Gasteiger partial charge in [-0.05, 0) is 24.6 Å². The highest BCUT2D eigenvalue weighted by Crippen LogP contribution is 2.15. The van der Waals surface area contributed by atoms with Crippen molar-refractivity contribution in [3.05, 3.63) is 51.5 Å². The average molecular weight is 304 g/mol. The van der Waals surface area contributed by atoms with Gasteiger partial charge in [0.1, 0.15) is 0 Å². The van der Waals surface area contributed by atoms with E-state index in [1.54, 1.807) is 29.6 Å². The molecule has 2 rings (SSSR count). The molecule has 0 aliphatic carbocycles. The van der Waals surface area contributed by atoms with Gasteiger partial charge in [-0.2, -0.15) is 0 Å². The maximum Gasteiger partial charge on any atom is 0.335 e. The van der Waals surface area contributed by atoms with Gasteiger partial charge in [0.2, 0.25) is 5.91 Å². The van der Waals surface area contributed by atoms with Crippen LogP contribution < -0.4 is 0 Å².